The van der Waals surface area contributed by atoms with E-state index >= 15 is 0 Å². The van der Waals surface area contributed by atoms with Gasteiger partial charge in [-0.25, -0.2) is 0 Å². The van der Waals surface area contributed by atoms with Crippen molar-refractivity contribution in [2.75, 3.05) is 39.4 Å². The summed E-state index contributed by atoms with van der Waals surface area (Å²) in [5.41, 5.74) is 1.46. The van der Waals surface area contributed by atoms with Crippen molar-refractivity contribution in [3.8, 4) is 0 Å². The van der Waals surface area contributed by atoms with Crippen LogP contribution in [0.3, 0.4) is 0 Å². The van der Waals surface area contributed by atoms with Gasteiger partial charge < -0.3 is 15.0 Å². The summed E-state index contributed by atoms with van der Waals surface area (Å²) in [4.78, 5) is 7.19. The lowest BCUT2D eigenvalue weighted by Crippen LogP contribution is -2.41. The Labute approximate surface area is 177 Å². The molecule has 140 valence electrons. The van der Waals surface area contributed by atoms with E-state index in [-0.39, 0.29) is 24.0 Å². The number of benzene rings is 1. The van der Waals surface area contributed by atoms with Crippen molar-refractivity contribution in [2.24, 2.45) is 10.4 Å². The van der Waals surface area contributed by atoms with Gasteiger partial charge in [-0.2, -0.15) is 0 Å². The molecule has 1 N–H and O–H groups in total. The minimum absolute atomic E-state index is 0. The molecule has 0 radical (unpaired) electrons. The lowest BCUT2D eigenvalue weighted by molar-refractivity contribution is 0.156. The van der Waals surface area contributed by atoms with Crippen LogP contribution in [0.25, 0.3) is 0 Å². The van der Waals surface area contributed by atoms with Gasteiger partial charge >= 0.3 is 0 Å². The zero-order valence-corrected chi connectivity index (χ0v) is 18.4. The summed E-state index contributed by atoms with van der Waals surface area (Å²) >= 11 is 12.1. The minimum atomic E-state index is 0. The first kappa shape index (κ1) is 21.1. The number of hydrogen-bond acceptors (Lipinski definition) is 2. The highest BCUT2D eigenvalue weighted by Crippen LogP contribution is 2.38. The average Bonchev–Trinajstić information content (AvgIpc) is 3.16. The van der Waals surface area contributed by atoms with Crippen LogP contribution in [0.4, 0.5) is 0 Å². The Hall–Kier alpha value is -0.240. The Balaban J connectivity index is 0.00000225. The standard InChI is InChI=1S/C18H25Cl2N3O.HI/c1-2-21-17(23-7-4-18(12-23)5-8-24-13-18)22-6-3-14-9-15(19)11-16(20)10-14;/h9-11H,2-8,12-13H2,1H3,(H,21,22);1H. The normalized spacial score (nSPS) is 23.2. The molecule has 2 heterocycles. The molecule has 7 heteroatoms. The molecule has 2 aliphatic rings. The number of hydrogen-bond donors (Lipinski definition) is 1. The molecule has 1 atom stereocenters. The molecule has 0 saturated carbocycles. The Morgan fingerprint density at radius 1 is 1.28 bits per heavy atom. The third-order valence-corrected chi connectivity index (χ3v) is 5.28. The van der Waals surface area contributed by atoms with E-state index in [0.29, 0.717) is 15.5 Å². The third-order valence-electron chi connectivity index (χ3n) is 4.84. The number of rotatable bonds is 4. The summed E-state index contributed by atoms with van der Waals surface area (Å²) < 4.78 is 5.62. The van der Waals surface area contributed by atoms with Gasteiger partial charge in [0.05, 0.1) is 6.61 Å². The summed E-state index contributed by atoms with van der Waals surface area (Å²) in [5.74, 6) is 1.01. The second kappa shape index (κ2) is 9.62. The van der Waals surface area contributed by atoms with Gasteiger partial charge in [0.15, 0.2) is 5.96 Å². The van der Waals surface area contributed by atoms with Crippen molar-refractivity contribution in [3.05, 3.63) is 33.8 Å². The molecular formula is C18H26Cl2IN3O. The van der Waals surface area contributed by atoms with Crippen LogP contribution in [0, 0.1) is 5.41 Å². The maximum Gasteiger partial charge on any atom is 0.193 e. The molecule has 0 amide bonds. The van der Waals surface area contributed by atoms with E-state index < -0.39 is 0 Å². The van der Waals surface area contributed by atoms with Crippen LogP contribution in [0.15, 0.2) is 23.2 Å². The van der Waals surface area contributed by atoms with Crippen LogP contribution in [-0.4, -0.2) is 50.3 Å². The first-order valence-electron chi connectivity index (χ1n) is 8.66. The molecule has 2 saturated heterocycles. The fourth-order valence-corrected chi connectivity index (χ4v) is 4.13. The van der Waals surface area contributed by atoms with Crippen molar-refractivity contribution < 1.29 is 4.74 Å². The fraction of sp³-hybridized carbons (Fsp3) is 0.611. The van der Waals surface area contributed by atoms with Crippen LogP contribution < -0.4 is 5.32 Å². The second-order valence-corrected chi connectivity index (χ2v) is 7.61. The van der Waals surface area contributed by atoms with E-state index in [9.17, 15) is 0 Å². The zero-order chi connectivity index (χ0) is 17.0. The SMILES string of the molecule is CCNC(=NCCc1cc(Cl)cc(Cl)c1)N1CCC2(CCOC2)C1.I. The Kier molecular flexibility index (Phi) is 8.11. The van der Waals surface area contributed by atoms with Crippen LogP contribution >= 0.6 is 47.2 Å². The number of guanidine groups is 1. The van der Waals surface area contributed by atoms with Crippen molar-refractivity contribution in [2.45, 2.75) is 26.2 Å². The quantitative estimate of drug-likeness (QED) is 0.384. The zero-order valence-electron chi connectivity index (χ0n) is 14.6. The van der Waals surface area contributed by atoms with E-state index in [0.717, 1.165) is 57.3 Å². The summed E-state index contributed by atoms with van der Waals surface area (Å²) in [7, 11) is 0. The van der Waals surface area contributed by atoms with E-state index in [1.54, 1.807) is 6.07 Å². The van der Waals surface area contributed by atoms with E-state index in [1.165, 1.54) is 12.8 Å². The van der Waals surface area contributed by atoms with E-state index in [1.807, 2.05) is 12.1 Å². The molecule has 1 aromatic carbocycles. The molecule has 1 unspecified atom stereocenters. The third kappa shape index (κ3) is 5.62. The highest BCUT2D eigenvalue weighted by Gasteiger charge is 2.42. The molecular weight excluding hydrogens is 472 g/mol. The molecule has 0 aromatic heterocycles. The summed E-state index contributed by atoms with van der Waals surface area (Å²) in [6.07, 6.45) is 3.20. The molecule has 4 nitrogen and oxygen atoms in total. The smallest absolute Gasteiger partial charge is 0.193 e. The molecule has 25 heavy (non-hydrogen) atoms. The molecule has 3 rings (SSSR count). The lowest BCUT2D eigenvalue weighted by atomic mass is 9.87. The number of ether oxygens (including phenoxy) is 1. The number of halogens is 3. The monoisotopic (exact) mass is 497 g/mol. The maximum atomic E-state index is 6.06. The minimum Gasteiger partial charge on any atom is -0.381 e. The van der Waals surface area contributed by atoms with Crippen LogP contribution in [0.5, 0.6) is 0 Å². The molecule has 1 aromatic rings. The second-order valence-electron chi connectivity index (χ2n) is 6.74. The van der Waals surface area contributed by atoms with Crippen molar-refractivity contribution >= 4 is 53.1 Å². The predicted octanol–water partition coefficient (Wildman–Crippen LogP) is 4.23. The molecule has 1 spiro atoms. The van der Waals surface area contributed by atoms with Gasteiger partial charge in [0.25, 0.3) is 0 Å². The topological polar surface area (TPSA) is 36.9 Å². The van der Waals surface area contributed by atoms with Crippen molar-refractivity contribution in [3.63, 3.8) is 0 Å². The van der Waals surface area contributed by atoms with Gasteiger partial charge in [0.2, 0.25) is 0 Å². The Bertz CT molecular complexity index is 586. The van der Waals surface area contributed by atoms with Gasteiger partial charge in [-0.1, -0.05) is 23.2 Å². The summed E-state index contributed by atoms with van der Waals surface area (Å²) in [5, 5.41) is 4.78. The molecule has 2 fully saturated rings. The summed E-state index contributed by atoms with van der Waals surface area (Å²) in [6, 6.07) is 5.67. The van der Waals surface area contributed by atoms with Crippen molar-refractivity contribution in [1.29, 1.82) is 0 Å². The van der Waals surface area contributed by atoms with Gasteiger partial charge in [-0.15, -0.1) is 24.0 Å². The highest BCUT2D eigenvalue weighted by molar-refractivity contribution is 14.0. The first-order valence-corrected chi connectivity index (χ1v) is 9.42. The Morgan fingerprint density at radius 2 is 2.04 bits per heavy atom. The van der Waals surface area contributed by atoms with Crippen LogP contribution in [0.1, 0.15) is 25.3 Å². The number of nitrogens with zero attached hydrogens (tertiary/aromatic N) is 2. The fourth-order valence-electron chi connectivity index (χ4n) is 3.56. The predicted molar refractivity (Wildman–Crippen MR) is 116 cm³/mol. The first-order chi connectivity index (χ1) is 11.6. The lowest BCUT2D eigenvalue weighted by Gasteiger charge is -2.25. The molecule has 2 aliphatic heterocycles. The van der Waals surface area contributed by atoms with Gasteiger partial charge in [0, 0.05) is 48.2 Å². The van der Waals surface area contributed by atoms with Crippen molar-refractivity contribution in [1.82, 2.24) is 10.2 Å². The van der Waals surface area contributed by atoms with Gasteiger partial charge in [-0.3, -0.25) is 4.99 Å². The molecule has 0 aliphatic carbocycles. The summed E-state index contributed by atoms with van der Waals surface area (Å²) in [6.45, 7) is 7.60. The van der Waals surface area contributed by atoms with Gasteiger partial charge in [0.1, 0.15) is 0 Å². The van der Waals surface area contributed by atoms with Gasteiger partial charge in [-0.05, 0) is 49.9 Å². The number of aliphatic imine (C=N–C) groups is 1. The number of likely N-dealkylation sites (tertiary alicyclic amines) is 1. The van der Waals surface area contributed by atoms with Crippen LogP contribution in [-0.2, 0) is 11.2 Å². The number of nitrogens with one attached hydrogen (secondary N) is 1. The largest absolute Gasteiger partial charge is 0.381 e. The Morgan fingerprint density at radius 3 is 2.68 bits per heavy atom. The molecule has 0 bridgehead atoms. The average molecular weight is 498 g/mol. The maximum absolute atomic E-state index is 6.06. The van der Waals surface area contributed by atoms with E-state index in [2.05, 4.69) is 17.1 Å². The van der Waals surface area contributed by atoms with Crippen LogP contribution in [0.2, 0.25) is 10.0 Å². The van der Waals surface area contributed by atoms with E-state index in [4.69, 9.17) is 32.9 Å². The highest BCUT2D eigenvalue weighted by atomic mass is 127.